The van der Waals surface area contributed by atoms with Gasteiger partial charge in [0.25, 0.3) is 0 Å². The highest BCUT2D eigenvalue weighted by atomic mass is 127. The van der Waals surface area contributed by atoms with Gasteiger partial charge in [0.15, 0.2) is 5.96 Å². The summed E-state index contributed by atoms with van der Waals surface area (Å²) in [6.07, 6.45) is 3.17. The molecule has 0 radical (unpaired) electrons. The molecule has 6 heteroatoms. The number of benzene rings is 2. The Morgan fingerprint density at radius 1 is 1.03 bits per heavy atom. The highest BCUT2D eigenvalue weighted by molar-refractivity contribution is 14.0. The molecule has 2 unspecified atom stereocenters. The van der Waals surface area contributed by atoms with Crippen LogP contribution >= 0.6 is 24.0 Å². The van der Waals surface area contributed by atoms with Crippen molar-refractivity contribution in [2.75, 3.05) is 20.1 Å². The van der Waals surface area contributed by atoms with Crippen LogP contribution in [0.3, 0.4) is 0 Å². The summed E-state index contributed by atoms with van der Waals surface area (Å²) in [6.45, 7) is 3.20. The van der Waals surface area contributed by atoms with E-state index in [2.05, 4.69) is 50.9 Å². The average molecular weight is 508 g/mol. The topological polar surface area (TPSA) is 39.7 Å². The Bertz CT molecular complexity index is 806. The van der Waals surface area contributed by atoms with Crippen molar-refractivity contribution in [2.45, 2.75) is 43.8 Å². The molecule has 0 aromatic heterocycles. The minimum atomic E-state index is -0.106. The van der Waals surface area contributed by atoms with Crippen LogP contribution in [0.15, 0.2) is 59.6 Å². The van der Waals surface area contributed by atoms with E-state index in [0.717, 1.165) is 50.4 Å². The third kappa shape index (κ3) is 5.92. The first-order valence-corrected chi connectivity index (χ1v) is 10.2. The fourth-order valence-electron chi connectivity index (χ4n) is 4.09. The van der Waals surface area contributed by atoms with Crippen molar-refractivity contribution < 1.29 is 4.39 Å². The third-order valence-electron chi connectivity index (χ3n) is 5.82. The average Bonchev–Trinajstić information content (AvgIpc) is 3.49. The van der Waals surface area contributed by atoms with Gasteiger partial charge in [0.05, 0.1) is 0 Å². The van der Waals surface area contributed by atoms with Crippen LogP contribution in [-0.2, 0) is 6.54 Å². The minimum Gasteiger partial charge on any atom is -0.354 e. The molecule has 1 saturated carbocycles. The van der Waals surface area contributed by atoms with Gasteiger partial charge < -0.3 is 10.6 Å². The van der Waals surface area contributed by atoms with Crippen molar-refractivity contribution in [2.24, 2.45) is 4.99 Å². The van der Waals surface area contributed by atoms with Crippen LogP contribution in [-0.4, -0.2) is 43.1 Å². The van der Waals surface area contributed by atoms with Gasteiger partial charge in [-0.15, -0.1) is 24.0 Å². The predicted molar refractivity (Wildman–Crippen MR) is 127 cm³/mol. The number of halogens is 2. The number of guanidine groups is 1. The maximum atomic E-state index is 14.0. The Labute approximate surface area is 190 Å². The summed E-state index contributed by atoms with van der Waals surface area (Å²) < 4.78 is 14.0. The standard InChI is InChI=1S/C23H29FN4.HI/c1-25-23(27-22-15-20(22)19-9-5-6-10-21(19)24)26-18-11-13-28(14-12-18)16-17-7-3-2-4-8-17;/h2-10,18,20,22H,11-16H2,1H3,(H2,25,26,27);1H. The zero-order chi connectivity index (χ0) is 19.3. The number of aliphatic imine (C=N–C) groups is 1. The molecule has 2 aliphatic rings. The fraction of sp³-hybridized carbons (Fsp3) is 0.435. The summed E-state index contributed by atoms with van der Waals surface area (Å²) in [6, 6.07) is 18.4. The summed E-state index contributed by atoms with van der Waals surface area (Å²) in [7, 11) is 1.81. The van der Waals surface area contributed by atoms with Crippen LogP contribution in [0.25, 0.3) is 0 Å². The van der Waals surface area contributed by atoms with Crippen LogP contribution in [0.1, 0.15) is 36.3 Å². The molecular formula is C23H30FIN4. The molecule has 1 saturated heterocycles. The van der Waals surface area contributed by atoms with E-state index >= 15 is 0 Å². The zero-order valence-electron chi connectivity index (χ0n) is 16.9. The van der Waals surface area contributed by atoms with E-state index in [9.17, 15) is 4.39 Å². The van der Waals surface area contributed by atoms with Gasteiger partial charge in [-0.1, -0.05) is 48.5 Å². The predicted octanol–water partition coefficient (Wildman–Crippen LogP) is 4.13. The number of rotatable bonds is 5. The second-order valence-corrected chi connectivity index (χ2v) is 7.87. The smallest absolute Gasteiger partial charge is 0.191 e. The molecule has 4 nitrogen and oxygen atoms in total. The summed E-state index contributed by atoms with van der Waals surface area (Å²) in [5.74, 6) is 0.975. The molecule has 0 bridgehead atoms. The van der Waals surface area contributed by atoms with Crippen LogP contribution < -0.4 is 10.6 Å². The molecule has 0 spiro atoms. The number of hydrogen-bond acceptors (Lipinski definition) is 2. The summed E-state index contributed by atoms with van der Waals surface area (Å²) in [4.78, 5) is 6.90. The Kier molecular flexibility index (Phi) is 7.89. The first kappa shape index (κ1) is 22.0. The Balaban J connectivity index is 0.00000240. The molecule has 2 aromatic rings. The Morgan fingerprint density at radius 3 is 2.41 bits per heavy atom. The third-order valence-corrected chi connectivity index (χ3v) is 5.82. The van der Waals surface area contributed by atoms with Gasteiger partial charge >= 0.3 is 0 Å². The van der Waals surface area contributed by atoms with Crippen molar-refractivity contribution in [1.29, 1.82) is 0 Å². The maximum absolute atomic E-state index is 14.0. The van der Waals surface area contributed by atoms with Gasteiger partial charge in [0.2, 0.25) is 0 Å². The van der Waals surface area contributed by atoms with Crippen LogP contribution in [0.2, 0.25) is 0 Å². The molecule has 1 aliphatic heterocycles. The molecule has 2 N–H and O–H groups in total. The van der Waals surface area contributed by atoms with Gasteiger partial charge in [0.1, 0.15) is 5.82 Å². The largest absolute Gasteiger partial charge is 0.354 e. The molecule has 0 amide bonds. The lowest BCUT2D eigenvalue weighted by molar-refractivity contribution is 0.198. The van der Waals surface area contributed by atoms with E-state index in [-0.39, 0.29) is 41.8 Å². The van der Waals surface area contributed by atoms with Crippen molar-refractivity contribution in [3.8, 4) is 0 Å². The molecule has 2 fully saturated rings. The van der Waals surface area contributed by atoms with Gasteiger partial charge in [-0.25, -0.2) is 4.39 Å². The molecule has 1 aliphatic carbocycles. The molecule has 1 heterocycles. The van der Waals surface area contributed by atoms with E-state index in [1.54, 1.807) is 19.2 Å². The van der Waals surface area contributed by atoms with Crippen molar-refractivity contribution in [3.63, 3.8) is 0 Å². The van der Waals surface area contributed by atoms with E-state index in [0.29, 0.717) is 6.04 Å². The van der Waals surface area contributed by atoms with E-state index in [1.807, 2.05) is 12.1 Å². The zero-order valence-corrected chi connectivity index (χ0v) is 19.2. The van der Waals surface area contributed by atoms with Crippen molar-refractivity contribution in [1.82, 2.24) is 15.5 Å². The van der Waals surface area contributed by atoms with E-state index < -0.39 is 0 Å². The molecule has 29 heavy (non-hydrogen) atoms. The monoisotopic (exact) mass is 508 g/mol. The second-order valence-electron chi connectivity index (χ2n) is 7.87. The fourth-order valence-corrected chi connectivity index (χ4v) is 4.09. The van der Waals surface area contributed by atoms with E-state index in [1.165, 1.54) is 5.56 Å². The second kappa shape index (κ2) is 10.4. The normalized spacial score (nSPS) is 22.6. The quantitative estimate of drug-likeness (QED) is 0.363. The van der Waals surface area contributed by atoms with Gasteiger partial charge in [-0.2, -0.15) is 0 Å². The lowest BCUT2D eigenvalue weighted by Crippen LogP contribution is -2.49. The summed E-state index contributed by atoms with van der Waals surface area (Å²) in [5.41, 5.74) is 2.18. The van der Waals surface area contributed by atoms with Gasteiger partial charge in [-0.05, 0) is 36.5 Å². The number of nitrogens with one attached hydrogen (secondary N) is 2. The number of hydrogen-bond donors (Lipinski definition) is 2. The lowest BCUT2D eigenvalue weighted by atomic mass is 10.0. The van der Waals surface area contributed by atoms with Crippen molar-refractivity contribution in [3.05, 3.63) is 71.5 Å². The summed E-state index contributed by atoms with van der Waals surface area (Å²) in [5, 5.41) is 7.04. The number of likely N-dealkylation sites (tertiary alicyclic amines) is 1. The van der Waals surface area contributed by atoms with Crippen LogP contribution in [0, 0.1) is 5.82 Å². The highest BCUT2D eigenvalue weighted by Gasteiger charge is 2.40. The van der Waals surface area contributed by atoms with Crippen molar-refractivity contribution >= 4 is 29.9 Å². The van der Waals surface area contributed by atoms with Crippen LogP contribution in [0.5, 0.6) is 0 Å². The van der Waals surface area contributed by atoms with E-state index in [4.69, 9.17) is 0 Å². The Morgan fingerprint density at radius 2 is 1.72 bits per heavy atom. The summed E-state index contributed by atoms with van der Waals surface area (Å²) >= 11 is 0. The number of piperidine rings is 1. The Hall–Kier alpha value is -1.67. The first-order valence-electron chi connectivity index (χ1n) is 10.2. The van der Waals surface area contributed by atoms with Gasteiger partial charge in [-0.3, -0.25) is 9.89 Å². The molecule has 156 valence electrons. The lowest BCUT2D eigenvalue weighted by Gasteiger charge is -2.33. The minimum absolute atomic E-state index is 0. The van der Waals surface area contributed by atoms with Gasteiger partial charge in [0, 0.05) is 44.7 Å². The molecule has 2 aromatic carbocycles. The maximum Gasteiger partial charge on any atom is 0.191 e. The van der Waals surface area contributed by atoms with Crippen LogP contribution in [0.4, 0.5) is 4.39 Å². The molecule has 2 atom stereocenters. The SMILES string of the molecule is CN=C(NC1CCN(Cc2ccccc2)CC1)NC1CC1c1ccccc1F.I. The first-order chi connectivity index (χ1) is 13.7. The highest BCUT2D eigenvalue weighted by Crippen LogP contribution is 2.41. The molecular weight excluding hydrogens is 478 g/mol. The molecule has 4 rings (SSSR count). The number of nitrogens with zero attached hydrogens (tertiary/aromatic N) is 2.